The van der Waals surface area contributed by atoms with Crippen LogP contribution in [0.5, 0.6) is 11.5 Å². The second kappa shape index (κ2) is 5.66. The van der Waals surface area contributed by atoms with Gasteiger partial charge in [0.05, 0.1) is 17.8 Å². The molecule has 11 heteroatoms. The minimum absolute atomic E-state index is 0.417. The van der Waals surface area contributed by atoms with E-state index in [4.69, 9.17) is 17.3 Å². The lowest BCUT2D eigenvalue weighted by atomic mass is 10.1. The number of pyridine rings is 1. The van der Waals surface area contributed by atoms with Gasteiger partial charge in [0.1, 0.15) is 5.69 Å². The summed E-state index contributed by atoms with van der Waals surface area (Å²) in [5.41, 5.74) is 3.18. The van der Waals surface area contributed by atoms with Gasteiger partial charge >= 0.3 is 12.3 Å². The van der Waals surface area contributed by atoms with E-state index in [-0.39, 0.29) is 0 Å². The lowest BCUT2D eigenvalue weighted by molar-refractivity contribution is -0.287. The highest BCUT2D eigenvalue weighted by molar-refractivity contribution is 6.35. The molecule has 1 aliphatic heterocycles. The number of anilines is 1. The molecule has 25 heavy (non-hydrogen) atoms. The van der Waals surface area contributed by atoms with Gasteiger partial charge in [0.25, 0.3) is 0 Å². The van der Waals surface area contributed by atoms with Crippen molar-refractivity contribution >= 4 is 23.3 Å². The molecule has 0 saturated heterocycles. The summed E-state index contributed by atoms with van der Waals surface area (Å²) in [6.07, 6.45) is -4.15. The van der Waals surface area contributed by atoms with Crippen molar-refractivity contribution in [3.63, 3.8) is 0 Å². The van der Waals surface area contributed by atoms with Crippen LogP contribution in [0.25, 0.3) is 11.3 Å². The second-order valence-electron chi connectivity index (χ2n) is 4.76. The van der Waals surface area contributed by atoms with Gasteiger partial charge in [-0.25, -0.2) is 18.6 Å². The highest BCUT2D eigenvalue weighted by Crippen LogP contribution is 2.49. The van der Waals surface area contributed by atoms with Crippen LogP contribution in [0.4, 0.5) is 23.2 Å². The number of methoxy groups -OCH3 is 1. The standard InChI is InChI=1S/C14H7ClF4N2O4/c1-23-13(22)10-6(15)8(20)7(17)9(21-10)4-2-3-5(16)12-11(4)24-14(18,19)25-12/h2-3H,1H3,(H2,20,21). The zero-order valence-corrected chi connectivity index (χ0v) is 13.0. The Kier molecular flexibility index (Phi) is 3.87. The van der Waals surface area contributed by atoms with E-state index in [1.165, 1.54) is 0 Å². The molecule has 3 rings (SSSR count). The number of halogens is 5. The molecule has 0 bridgehead atoms. The van der Waals surface area contributed by atoms with E-state index < -0.39 is 63.1 Å². The fourth-order valence-electron chi connectivity index (χ4n) is 2.15. The van der Waals surface area contributed by atoms with Gasteiger partial charge in [-0.1, -0.05) is 11.6 Å². The maximum atomic E-state index is 14.5. The fourth-order valence-corrected chi connectivity index (χ4v) is 2.35. The summed E-state index contributed by atoms with van der Waals surface area (Å²) in [5.74, 6) is -5.15. The molecular formula is C14H7ClF4N2O4. The van der Waals surface area contributed by atoms with Gasteiger partial charge in [-0.05, 0) is 12.1 Å². The number of hydrogen-bond acceptors (Lipinski definition) is 6. The van der Waals surface area contributed by atoms with E-state index in [2.05, 4.69) is 19.2 Å². The van der Waals surface area contributed by atoms with Crippen LogP contribution in [0, 0.1) is 11.6 Å². The Morgan fingerprint density at radius 3 is 2.56 bits per heavy atom. The lowest BCUT2D eigenvalue weighted by Crippen LogP contribution is -2.26. The monoisotopic (exact) mass is 378 g/mol. The van der Waals surface area contributed by atoms with Crippen molar-refractivity contribution < 1.29 is 36.6 Å². The summed E-state index contributed by atoms with van der Waals surface area (Å²) in [7, 11) is 1.02. The first-order valence-electron chi connectivity index (χ1n) is 6.47. The molecule has 0 radical (unpaired) electrons. The third-order valence-electron chi connectivity index (χ3n) is 3.25. The molecule has 2 heterocycles. The Labute approximate surface area is 142 Å². The third kappa shape index (κ3) is 2.68. The number of nitrogens with zero attached hydrogens (tertiary/aromatic N) is 1. The molecule has 0 atom stereocenters. The van der Waals surface area contributed by atoms with Crippen LogP contribution in [-0.4, -0.2) is 24.4 Å². The van der Waals surface area contributed by atoms with Gasteiger partial charge in [-0.2, -0.15) is 0 Å². The van der Waals surface area contributed by atoms with E-state index >= 15 is 0 Å². The molecule has 0 fully saturated rings. The average molecular weight is 379 g/mol. The Balaban J connectivity index is 2.28. The van der Waals surface area contributed by atoms with Crippen LogP contribution in [0.15, 0.2) is 12.1 Å². The Morgan fingerprint density at radius 1 is 1.28 bits per heavy atom. The molecule has 132 valence electrons. The van der Waals surface area contributed by atoms with Crippen molar-refractivity contribution in [2.24, 2.45) is 0 Å². The summed E-state index contributed by atoms with van der Waals surface area (Å²) >= 11 is 5.76. The van der Waals surface area contributed by atoms with Crippen LogP contribution < -0.4 is 15.2 Å². The molecule has 1 aliphatic rings. The van der Waals surface area contributed by atoms with E-state index in [0.29, 0.717) is 0 Å². The molecule has 1 aromatic heterocycles. The predicted molar refractivity (Wildman–Crippen MR) is 76.6 cm³/mol. The number of alkyl halides is 2. The number of ether oxygens (including phenoxy) is 3. The zero-order valence-electron chi connectivity index (χ0n) is 12.2. The highest BCUT2D eigenvalue weighted by Gasteiger charge is 2.47. The second-order valence-corrected chi connectivity index (χ2v) is 5.14. The summed E-state index contributed by atoms with van der Waals surface area (Å²) in [5, 5.41) is -0.519. The smallest absolute Gasteiger partial charge is 0.464 e. The molecule has 0 unspecified atom stereocenters. The molecule has 6 nitrogen and oxygen atoms in total. The van der Waals surface area contributed by atoms with Crippen molar-refractivity contribution in [1.82, 2.24) is 4.98 Å². The number of carbonyl (C=O) groups excluding carboxylic acids is 1. The van der Waals surface area contributed by atoms with Crippen molar-refractivity contribution in [1.29, 1.82) is 0 Å². The summed E-state index contributed by atoms with van der Waals surface area (Å²) in [4.78, 5) is 15.4. The SMILES string of the molecule is COC(=O)c1nc(-c2ccc(F)c3c2OC(F)(F)O3)c(F)c(N)c1Cl. The number of carbonyl (C=O) groups is 1. The van der Waals surface area contributed by atoms with E-state index in [0.717, 1.165) is 19.2 Å². The number of benzene rings is 1. The number of nitrogens with two attached hydrogens (primary N) is 1. The van der Waals surface area contributed by atoms with Crippen molar-refractivity contribution in [3.8, 4) is 22.8 Å². The summed E-state index contributed by atoms with van der Waals surface area (Å²) in [6, 6.07) is 1.65. The van der Waals surface area contributed by atoms with Gasteiger partial charge in [0, 0.05) is 5.56 Å². The van der Waals surface area contributed by atoms with Crippen LogP contribution in [0.2, 0.25) is 5.02 Å². The number of esters is 1. The zero-order chi connectivity index (χ0) is 18.5. The highest BCUT2D eigenvalue weighted by atomic mass is 35.5. The number of fused-ring (bicyclic) bond motifs is 1. The van der Waals surface area contributed by atoms with Gasteiger partial charge in [-0.15, -0.1) is 8.78 Å². The largest absolute Gasteiger partial charge is 0.586 e. The molecule has 0 aliphatic carbocycles. The Hall–Kier alpha value is -2.75. The average Bonchev–Trinajstić information content (AvgIpc) is 2.89. The van der Waals surface area contributed by atoms with Crippen LogP contribution >= 0.6 is 11.6 Å². The maximum absolute atomic E-state index is 14.5. The van der Waals surface area contributed by atoms with Crippen molar-refractivity contribution in [2.45, 2.75) is 6.29 Å². The summed E-state index contributed by atoms with van der Waals surface area (Å²) < 4.78 is 67.4. The first-order chi connectivity index (χ1) is 11.7. The molecule has 0 spiro atoms. The molecule has 2 aromatic rings. The Morgan fingerprint density at radius 2 is 1.92 bits per heavy atom. The molecule has 1 aromatic carbocycles. The van der Waals surface area contributed by atoms with E-state index in [1.807, 2.05) is 0 Å². The summed E-state index contributed by atoms with van der Waals surface area (Å²) in [6.45, 7) is 0. The van der Waals surface area contributed by atoms with Crippen LogP contribution in [0.1, 0.15) is 10.5 Å². The first-order valence-corrected chi connectivity index (χ1v) is 6.85. The number of hydrogen-bond donors (Lipinski definition) is 1. The van der Waals surface area contributed by atoms with Gasteiger partial charge in [0.2, 0.25) is 5.75 Å². The molecule has 0 saturated carbocycles. The minimum atomic E-state index is -4.15. The van der Waals surface area contributed by atoms with Crippen molar-refractivity contribution in [3.05, 3.63) is 34.5 Å². The predicted octanol–water partition coefficient (Wildman–Crippen LogP) is 3.37. The molecule has 0 amide bonds. The lowest BCUT2D eigenvalue weighted by Gasteiger charge is -2.12. The molecule has 2 N–H and O–H groups in total. The van der Waals surface area contributed by atoms with Crippen LogP contribution in [0.3, 0.4) is 0 Å². The number of rotatable bonds is 2. The van der Waals surface area contributed by atoms with Gasteiger partial charge in [-0.3, -0.25) is 0 Å². The first kappa shape index (κ1) is 17.1. The maximum Gasteiger partial charge on any atom is 0.586 e. The van der Waals surface area contributed by atoms with Crippen molar-refractivity contribution in [2.75, 3.05) is 12.8 Å². The minimum Gasteiger partial charge on any atom is -0.464 e. The van der Waals surface area contributed by atoms with Crippen LogP contribution in [-0.2, 0) is 4.74 Å². The fraction of sp³-hybridized carbons (Fsp3) is 0.143. The Bertz CT molecular complexity index is 907. The third-order valence-corrected chi connectivity index (χ3v) is 3.63. The van der Waals surface area contributed by atoms with Gasteiger partial charge in [0.15, 0.2) is 23.1 Å². The van der Waals surface area contributed by atoms with E-state index in [1.54, 1.807) is 0 Å². The van der Waals surface area contributed by atoms with Gasteiger partial charge < -0.3 is 19.9 Å². The quantitative estimate of drug-likeness (QED) is 0.637. The number of nitrogen functional groups attached to an aromatic ring is 1. The topological polar surface area (TPSA) is 83.7 Å². The normalized spacial score (nSPS) is 14.5. The number of aromatic nitrogens is 1. The van der Waals surface area contributed by atoms with E-state index in [9.17, 15) is 22.4 Å². The molecular weight excluding hydrogens is 372 g/mol.